The molecule has 6 rings (SSSR count). The minimum atomic E-state index is -1.40. The summed E-state index contributed by atoms with van der Waals surface area (Å²) in [5, 5.41) is 5.94. The van der Waals surface area contributed by atoms with E-state index in [1.807, 2.05) is 0 Å². The number of fused-ring (bicyclic) bond motifs is 3. The molecule has 1 aromatic carbocycles. The molecule has 2 aromatic heterocycles. The number of benzene rings is 1. The van der Waals surface area contributed by atoms with E-state index in [0.717, 1.165) is 57.5 Å². The Bertz CT molecular complexity index is 2200. The second kappa shape index (κ2) is 17.6. The van der Waals surface area contributed by atoms with Crippen LogP contribution in [0.3, 0.4) is 0 Å². The molecule has 4 amide bonds. The number of amides is 4. The van der Waals surface area contributed by atoms with Crippen LogP contribution in [-0.4, -0.2) is 85.9 Å². The fraction of sp³-hybridized carbons (Fsp3) is 0.463. The van der Waals surface area contributed by atoms with Gasteiger partial charge in [0.25, 0.3) is 23.6 Å². The first-order valence-electron chi connectivity index (χ1n) is 19.0. The fourth-order valence-corrected chi connectivity index (χ4v) is 10.3. The van der Waals surface area contributed by atoms with Crippen molar-refractivity contribution in [3.05, 3.63) is 66.9 Å². The third-order valence-electron chi connectivity index (χ3n) is 10.4. The molecular weight excluding hydrogens is 791 g/mol. The lowest BCUT2D eigenvalue weighted by Gasteiger charge is -2.25. The van der Waals surface area contributed by atoms with Gasteiger partial charge >= 0.3 is 23.9 Å². The molecule has 0 saturated heterocycles. The van der Waals surface area contributed by atoms with Crippen molar-refractivity contribution in [2.45, 2.75) is 78.7 Å². The highest BCUT2D eigenvalue weighted by atomic mass is 32.1. The Morgan fingerprint density at radius 1 is 0.741 bits per heavy atom. The van der Waals surface area contributed by atoms with Crippen molar-refractivity contribution in [3.63, 3.8) is 0 Å². The van der Waals surface area contributed by atoms with E-state index in [0.29, 0.717) is 40.2 Å². The number of carbonyl (C=O) groups is 8. The van der Waals surface area contributed by atoms with Crippen molar-refractivity contribution in [1.29, 1.82) is 0 Å². The van der Waals surface area contributed by atoms with Crippen LogP contribution in [0, 0.1) is 17.8 Å². The summed E-state index contributed by atoms with van der Waals surface area (Å²) in [6.07, 6.45) is 4.65. The standard InChI is InChI=1S/C41H45N3O12S2/c1-19(2)13-27(39(50)56-18-31(46)43-35-33(41(52)54-6)25-11-8-21(4)15-29(25)58-35)44-36(47)23-12-9-22(16-26(23)37(44)48)38(49)55-17-30(45)42-34-32(40(51)53-5)24-10-7-20(3)14-28(24)57-34/h9,12,16,19-21,27H,7-8,10-11,13-15,17-18H2,1-6H3,(H,42,45)(H,43,46)/t20-,21+,27-/m1/s1. The number of ether oxygens (including phenoxy) is 4. The third kappa shape index (κ3) is 8.70. The van der Waals surface area contributed by atoms with E-state index in [4.69, 9.17) is 18.9 Å². The maximum absolute atomic E-state index is 13.7. The van der Waals surface area contributed by atoms with Crippen LogP contribution < -0.4 is 10.6 Å². The van der Waals surface area contributed by atoms with Gasteiger partial charge in [-0.15, -0.1) is 22.7 Å². The van der Waals surface area contributed by atoms with Gasteiger partial charge in [0.1, 0.15) is 16.0 Å². The molecule has 3 aromatic rings. The Morgan fingerprint density at radius 2 is 1.24 bits per heavy atom. The number of anilines is 2. The number of thiophene rings is 2. The van der Waals surface area contributed by atoms with Gasteiger partial charge in [0.05, 0.1) is 42.0 Å². The molecule has 0 fully saturated rings. The molecule has 17 heteroatoms. The Hall–Kier alpha value is -5.42. The van der Waals surface area contributed by atoms with E-state index in [9.17, 15) is 38.4 Å². The van der Waals surface area contributed by atoms with Gasteiger partial charge in [-0.1, -0.05) is 27.7 Å². The van der Waals surface area contributed by atoms with E-state index >= 15 is 0 Å². The third-order valence-corrected chi connectivity index (χ3v) is 12.8. The Morgan fingerprint density at radius 3 is 1.74 bits per heavy atom. The molecule has 0 bridgehead atoms. The molecule has 58 heavy (non-hydrogen) atoms. The van der Waals surface area contributed by atoms with Crippen LogP contribution in [0.15, 0.2) is 18.2 Å². The summed E-state index contributed by atoms with van der Waals surface area (Å²) >= 11 is 2.56. The van der Waals surface area contributed by atoms with Crippen molar-refractivity contribution in [3.8, 4) is 0 Å². The molecule has 3 heterocycles. The van der Waals surface area contributed by atoms with E-state index in [2.05, 4.69) is 24.5 Å². The van der Waals surface area contributed by atoms with E-state index in [1.165, 1.54) is 49.0 Å². The van der Waals surface area contributed by atoms with Crippen molar-refractivity contribution < 1.29 is 57.3 Å². The monoisotopic (exact) mass is 835 g/mol. The predicted octanol–water partition coefficient (Wildman–Crippen LogP) is 5.62. The van der Waals surface area contributed by atoms with Gasteiger partial charge < -0.3 is 29.6 Å². The maximum atomic E-state index is 13.7. The van der Waals surface area contributed by atoms with Gasteiger partial charge in [-0.05, 0) is 92.0 Å². The van der Waals surface area contributed by atoms with Gasteiger partial charge in [-0.25, -0.2) is 19.2 Å². The molecule has 0 spiro atoms. The number of nitrogens with one attached hydrogen (secondary N) is 2. The van der Waals surface area contributed by atoms with Crippen LogP contribution in [0.4, 0.5) is 10.0 Å². The molecule has 2 N–H and O–H groups in total. The number of hydrogen-bond acceptors (Lipinski definition) is 14. The SMILES string of the molecule is COC(=O)c1c(NC(=O)COC(=O)c2ccc3c(c2)C(=O)N([C@H](CC(C)C)C(=O)OCC(=O)Nc2sc4c(c2C(=O)OC)CC[C@H](C)C4)C3=O)sc2c1CC[C@@H](C)C2. The summed E-state index contributed by atoms with van der Waals surface area (Å²) in [5.41, 5.74) is 1.92. The number of imide groups is 1. The van der Waals surface area contributed by atoms with Crippen molar-refractivity contribution >= 4 is 80.2 Å². The zero-order valence-electron chi connectivity index (χ0n) is 33.1. The van der Waals surface area contributed by atoms with Crippen LogP contribution in [-0.2, 0) is 59.0 Å². The highest BCUT2D eigenvalue weighted by Crippen LogP contribution is 2.41. The minimum absolute atomic E-state index is 0.0161. The lowest BCUT2D eigenvalue weighted by Crippen LogP contribution is -2.46. The van der Waals surface area contributed by atoms with Crippen molar-refractivity contribution in [1.82, 2.24) is 4.90 Å². The molecule has 3 aliphatic rings. The number of esters is 4. The average molecular weight is 836 g/mol. The number of nitrogens with zero attached hydrogens (tertiary/aromatic N) is 1. The zero-order valence-corrected chi connectivity index (χ0v) is 34.7. The minimum Gasteiger partial charge on any atom is -0.465 e. The Balaban J connectivity index is 1.10. The van der Waals surface area contributed by atoms with Gasteiger partial charge in [0, 0.05) is 9.75 Å². The number of hydrogen-bond donors (Lipinski definition) is 2. The van der Waals surface area contributed by atoms with Crippen LogP contribution >= 0.6 is 22.7 Å². The average Bonchev–Trinajstić information content (AvgIpc) is 3.81. The number of rotatable bonds is 13. The highest BCUT2D eigenvalue weighted by Gasteiger charge is 2.44. The van der Waals surface area contributed by atoms with Gasteiger partial charge in [0.2, 0.25) is 0 Å². The molecule has 0 unspecified atom stereocenters. The topological polar surface area (TPSA) is 201 Å². The summed E-state index contributed by atoms with van der Waals surface area (Å²) in [4.78, 5) is 108. The molecule has 3 atom stereocenters. The summed E-state index contributed by atoms with van der Waals surface area (Å²) in [6, 6.07) is 2.29. The number of methoxy groups -OCH3 is 2. The second-order valence-electron chi connectivity index (χ2n) is 15.3. The van der Waals surface area contributed by atoms with Gasteiger partial charge in [0.15, 0.2) is 13.2 Å². The molecule has 15 nitrogen and oxygen atoms in total. The van der Waals surface area contributed by atoms with Crippen LogP contribution in [0.1, 0.15) is 120 Å². The molecule has 2 aliphatic carbocycles. The summed E-state index contributed by atoms with van der Waals surface area (Å²) in [7, 11) is 2.52. The lowest BCUT2D eigenvalue weighted by molar-refractivity contribution is -0.151. The summed E-state index contributed by atoms with van der Waals surface area (Å²) in [6.45, 7) is 6.33. The van der Waals surface area contributed by atoms with Crippen LogP contribution in [0.5, 0.6) is 0 Å². The lowest BCUT2D eigenvalue weighted by atomic mass is 9.88. The van der Waals surface area contributed by atoms with Gasteiger partial charge in [-0.3, -0.25) is 24.1 Å². The maximum Gasteiger partial charge on any atom is 0.341 e. The normalized spacial score (nSPS) is 17.5. The van der Waals surface area contributed by atoms with Gasteiger partial charge in [-0.2, -0.15) is 0 Å². The van der Waals surface area contributed by atoms with Crippen molar-refractivity contribution in [2.75, 3.05) is 38.1 Å². The molecule has 308 valence electrons. The largest absolute Gasteiger partial charge is 0.465 e. The Labute approximate surface area is 342 Å². The van der Waals surface area contributed by atoms with E-state index < -0.39 is 66.8 Å². The highest BCUT2D eigenvalue weighted by molar-refractivity contribution is 7.17. The predicted molar refractivity (Wildman–Crippen MR) is 212 cm³/mol. The van der Waals surface area contributed by atoms with Crippen LogP contribution in [0.25, 0.3) is 0 Å². The molecule has 0 radical (unpaired) electrons. The number of carbonyl (C=O) groups excluding carboxylic acids is 8. The zero-order chi connectivity index (χ0) is 42.0. The summed E-state index contributed by atoms with van der Waals surface area (Å²) in [5.74, 6) is -5.52. The second-order valence-corrected chi connectivity index (χ2v) is 17.5. The first-order chi connectivity index (χ1) is 27.6. The van der Waals surface area contributed by atoms with Crippen molar-refractivity contribution in [2.24, 2.45) is 17.8 Å². The molecule has 0 saturated carbocycles. The molecular formula is C41H45N3O12S2. The van der Waals surface area contributed by atoms with Crippen LogP contribution in [0.2, 0.25) is 0 Å². The first-order valence-corrected chi connectivity index (χ1v) is 20.7. The molecule has 1 aliphatic heterocycles. The smallest absolute Gasteiger partial charge is 0.341 e. The summed E-state index contributed by atoms with van der Waals surface area (Å²) < 4.78 is 20.5. The van der Waals surface area contributed by atoms with E-state index in [1.54, 1.807) is 13.8 Å². The fourth-order valence-electron chi connectivity index (χ4n) is 7.51. The Kier molecular flexibility index (Phi) is 12.8. The van der Waals surface area contributed by atoms with E-state index in [-0.39, 0.29) is 34.6 Å². The quantitative estimate of drug-likeness (QED) is 0.123. The first kappa shape index (κ1) is 42.2.